The van der Waals surface area contributed by atoms with Gasteiger partial charge in [-0.15, -0.1) is 0 Å². The maximum absolute atomic E-state index is 11.2. The topological polar surface area (TPSA) is 62.5 Å². The van der Waals surface area contributed by atoms with Gasteiger partial charge in [0.1, 0.15) is 0 Å². The van der Waals surface area contributed by atoms with E-state index in [1.165, 1.54) is 5.56 Å². The van der Waals surface area contributed by atoms with E-state index in [1.807, 2.05) is 17.2 Å². The molecule has 2 heterocycles. The molecule has 0 aliphatic carbocycles. The third-order valence-corrected chi connectivity index (χ3v) is 3.31. The molecule has 98 valence electrons. The molecule has 5 nitrogen and oxygen atoms in total. The number of nitrogens with zero attached hydrogens (tertiary/aromatic N) is 3. The maximum Gasteiger partial charge on any atom is 0.219 e. The number of rotatable bonds is 3. The summed E-state index contributed by atoms with van der Waals surface area (Å²) in [6, 6.07) is 4.08. The van der Waals surface area contributed by atoms with Crippen molar-refractivity contribution in [3.8, 4) is 0 Å². The quantitative estimate of drug-likeness (QED) is 0.830. The number of carbonyl (C=O) groups is 1. The minimum Gasteiger partial charge on any atom is -0.340 e. The van der Waals surface area contributed by atoms with Crippen molar-refractivity contribution in [1.82, 2.24) is 14.8 Å². The molecule has 0 unspecified atom stereocenters. The highest BCUT2D eigenvalue weighted by atomic mass is 16.2. The smallest absolute Gasteiger partial charge is 0.219 e. The molecule has 18 heavy (non-hydrogen) atoms. The summed E-state index contributed by atoms with van der Waals surface area (Å²) in [5.41, 5.74) is 7.75. The van der Waals surface area contributed by atoms with Crippen molar-refractivity contribution in [2.45, 2.75) is 20.0 Å². The van der Waals surface area contributed by atoms with Crippen molar-refractivity contribution >= 4 is 5.91 Å². The average Bonchev–Trinajstić information content (AvgIpc) is 2.39. The van der Waals surface area contributed by atoms with E-state index in [0.29, 0.717) is 6.54 Å². The van der Waals surface area contributed by atoms with Crippen molar-refractivity contribution in [3.63, 3.8) is 0 Å². The van der Waals surface area contributed by atoms with Crippen LogP contribution >= 0.6 is 0 Å². The van der Waals surface area contributed by atoms with Gasteiger partial charge in [-0.25, -0.2) is 0 Å². The molecule has 1 amide bonds. The molecule has 1 aromatic heterocycles. The van der Waals surface area contributed by atoms with Crippen LogP contribution in [0, 0.1) is 0 Å². The van der Waals surface area contributed by atoms with E-state index in [9.17, 15) is 4.79 Å². The van der Waals surface area contributed by atoms with Crippen LogP contribution < -0.4 is 5.73 Å². The highest BCUT2D eigenvalue weighted by Crippen LogP contribution is 2.09. The molecule has 5 heteroatoms. The van der Waals surface area contributed by atoms with Gasteiger partial charge in [0.2, 0.25) is 5.91 Å². The molecular formula is C13H20N4O. The normalized spacial score (nSPS) is 16.9. The van der Waals surface area contributed by atoms with Gasteiger partial charge in [0.15, 0.2) is 0 Å². The molecule has 2 N–H and O–H groups in total. The number of nitrogens with two attached hydrogens (primary N) is 1. The fraction of sp³-hybridized carbons (Fsp3) is 0.538. The van der Waals surface area contributed by atoms with Gasteiger partial charge < -0.3 is 10.6 Å². The highest BCUT2D eigenvalue weighted by molar-refractivity contribution is 5.73. The first-order valence-corrected chi connectivity index (χ1v) is 6.31. The number of hydrogen-bond acceptors (Lipinski definition) is 4. The minimum atomic E-state index is 0.170. The van der Waals surface area contributed by atoms with Gasteiger partial charge in [0, 0.05) is 52.4 Å². The Morgan fingerprint density at radius 1 is 1.39 bits per heavy atom. The Balaban J connectivity index is 1.89. The van der Waals surface area contributed by atoms with Crippen LogP contribution in [0.3, 0.4) is 0 Å². The Morgan fingerprint density at radius 3 is 2.72 bits per heavy atom. The Morgan fingerprint density at radius 2 is 2.11 bits per heavy atom. The van der Waals surface area contributed by atoms with E-state index < -0.39 is 0 Å². The molecule has 2 rings (SSSR count). The summed E-state index contributed by atoms with van der Waals surface area (Å²) in [5, 5.41) is 0. The van der Waals surface area contributed by atoms with E-state index in [4.69, 9.17) is 5.73 Å². The van der Waals surface area contributed by atoms with Crippen LogP contribution in [0.4, 0.5) is 0 Å². The van der Waals surface area contributed by atoms with Crippen LogP contribution in [0.5, 0.6) is 0 Å². The minimum absolute atomic E-state index is 0.170. The average molecular weight is 248 g/mol. The van der Waals surface area contributed by atoms with E-state index in [2.05, 4.69) is 16.0 Å². The predicted octanol–water partition coefficient (Wildman–Crippen LogP) is 0.204. The van der Waals surface area contributed by atoms with Crippen LogP contribution in [0.1, 0.15) is 18.2 Å². The standard InChI is InChI=1S/C13H20N4O/c1-11(18)17-6-4-16(5-7-17)10-12-2-3-15-13(8-12)9-14/h2-3,8H,4-7,9-10,14H2,1H3. The largest absolute Gasteiger partial charge is 0.340 e. The number of piperazine rings is 1. The van der Waals surface area contributed by atoms with Crippen molar-refractivity contribution in [3.05, 3.63) is 29.6 Å². The molecule has 0 aromatic carbocycles. The summed E-state index contributed by atoms with van der Waals surface area (Å²) in [5.74, 6) is 0.170. The summed E-state index contributed by atoms with van der Waals surface area (Å²) < 4.78 is 0. The SMILES string of the molecule is CC(=O)N1CCN(Cc2ccnc(CN)c2)CC1. The molecule has 0 spiro atoms. The zero-order valence-corrected chi connectivity index (χ0v) is 10.8. The van der Waals surface area contributed by atoms with Crippen LogP contribution in [0.15, 0.2) is 18.3 Å². The van der Waals surface area contributed by atoms with Gasteiger partial charge in [-0.1, -0.05) is 0 Å². The number of pyridine rings is 1. The molecular weight excluding hydrogens is 228 g/mol. The van der Waals surface area contributed by atoms with Gasteiger partial charge >= 0.3 is 0 Å². The molecule has 0 atom stereocenters. The maximum atomic E-state index is 11.2. The van der Waals surface area contributed by atoms with E-state index in [0.717, 1.165) is 38.4 Å². The lowest BCUT2D eigenvalue weighted by Gasteiger charge is -2.34. The van der Waals surface area contributed by atoms with Crippen LogP contribution in [0.2, 0.25) is 0 Å². The Hall–Kier alpha value is -1.46. The molecule has 1 aromatic rings. The number of aromatic nitrogens is 1. The number of carbonyl (C=O) groups excluding carboxylic acids is 1. The lowest BCUT2D eigenvalue weighted by atomic mass is 10.2. The summed E-state index contributed by atoms with van der Waals surface area (Å²) in [6.45, 7) is 6.52. The third kappa shape index (κ3) is 3.27. The second kappa shape index (κ2) is 5.93. The predicted molar refractivity (Wildman–Crippen MR) is 69.7 cm³/mol. The van der Waals surface area contributed by atoms with Gasteiger partial charge in [-0.3, -0.25) is 14.7 Å². The van der Waals surface area contributed by atoms with Gasteiger partial charge in [0.25, 0.3) is 0 Å². The summed E-state index contributed by atoms with van der Waals surface area (Å²) in [6.07, 6.45) is 1.81. The Kier molecular flexibility index (Phi) is 4.28. The Labute approximate surface area is 108 Å². The van der Waals surface area contributed by atoms with E-state index in [-0.39, 0.29) is 5.91 Å². The fourth-order valence-corrected chi connectivity index (χ4v) is 2.22. The molecule has 1 aliphatic rings. The molecule has 1 fully saturated rings. The van der Waals surface area contributed by atoms with Crippen LogP contribution in [0.25, 0.3) is 0 Å². The second-order valence-corrected chi connectivity index (χ2v) is 4.64. The summed E-state index contributed by atoms with van der Waals surface area (Å²) in [7, 11) is 0. The molecule has 0 bridgehead atoms. The van der Waals surface area contributed by atoms with Crippen molar-refractivity contribution in [2.75, 3.05) is 26.2 Å². The Bertz CT molecular complexity index is 413. The van der Waals surface area contributed by atoms with E-state index >= 15 is 0 Å². The molecule has 1 saturated heterocycles. The molecule has 0 radical (unpaired) electrons. The number of hydrogen-bond donors (Lipinski definition) is 1. The van der Waals surface area contributed by atoms with Crippen molar-refractivity contribution in [2.24, 2.45) is 5.73 Å². The zero-order chi connectivity index (χ0) is 13.0. The van der Waals surface area contributed by atoms with Crippen LogP contribution in [-0.4, -0.2) is 46.9 Å². The van der Waals surface area contributed by atoms with Gasteiger partial charge in [0.05, 0.1) is 5.69 Å². The third-order valence-electron chi connectivity index (χ3n) is 3.31. The monoisotopic (exact) mass is 248 g/mol. The van der Waals surface area contributed by atoms with Gasteiger partial charge in [-0.05, 0) is 17.7 Å². The summed E-state index contributed by atoms with van der Waals surface area (Å²) in [4.78, 5) is 19.7. The second-order valence-electron chi connectivity index (χ2n) is 4.64. The van der Waals surface area contributed by atoms with E-state index in [1.54, 1.807) is 6.92 Å². The lowest BCUT2D eigenvalue weighted by Crippen LogP contribution is -2.47. The number of amides is 1. The highest BCUT2D eigenvalue weighted by Gasteiger charge is 2.18. The van der Waals surface area contributed by atoms with Crippen molar-refractivity contribution < 1.29 is 4.79 Å². The summed E-state index contributed by atoms with van der Waals surface area (Å²) >= 11 is 0. The first-order valence-electron chi connectivity index (χ1n) is 6.31. The fourth-order valence-electron chi connectivity index (χ4n) is 2.22. The van der Waals surface area contributed by atoms with Crippen molar-refractivity contribution in [1.29, 1.82) is 0 Å². The van der Waals surface area contributed by atoms with Crippen LogP contribution in [-0.2, 0) is 17.9 Å². The lowest BCUT2D eigenvalue weighted by molar-refractivity contribution is -0.130. The van der Waals surface area contributed by atoms with Gasteiger partial charge in [-0.2, -0.15) is 0 Å². The first kappa shape index (κ1) is 13.0. The molecule has 1 aliphatic heterocycles. The zero-order valence-electron chi connectivity index (χ0n) is 10.8. The molecule has 0 saturated carbocycles. The first-order chi connectivity index (χ1) is 8.69.